The average Bonchev–Trinajstić information content (AvgIpc) is 2.56. The molecule has 0 saturated heterocycles. The largest absolute Gasteiger partial charge is 0.493 e. The molecule has 1 amide bonds. The van der Waals surface area contributed by atoms with Crippen LogP contribution in [0.4, 0.5) is 5.69 Å². The zero-order valence-electron chi connectivity index (χ0n) is 12.3. The van der Waals surface area contributed by atoms with E-state index in [1.165, 1.54) is 0 Å². The van der Waals surface area contributed by atoms with Gasteiger partial charge in [-0.15, -0.1) is 0 Å². The monoisotopic (exact) mass is 313 g/mol. The number of para-hydroxylation sites is 1. The van der Waals surface area contributed by atoms with Gasteiger partial charge in [0.1, 0.15) is 17.2 Å². The van der Waals surface area contributed by atoms with Gasteiger partial charge in [-0.2, -0.15) is 0 Å². The minimum Gasteiger partial charge on any atom is -0.493 e. The van der Waals surface area contributed by atoms with Crippen LogP contribution in [0.25, 0.3) is 0 Å². The van der Waals surface area contributed by atoms with Crippen molar-refractivity contribution in [2.24, 2.45) is 0 Å². The average molecular weight is 313 g/mol. The normalized spacial score (nSPS) is 12.6. The smallest absolute Gasteiger partial charge is 0.314 e. The minimum atomic E-state index is -0.402. The molecule has 1 aliphatic heterocycles. The van der Waals surface area contributed by atoms with Crippen molar-refractivity contribution in [3.8, 4) is 17.2 Å². The number of carbonyl (C=O) groups excluding carboxylic acids is 2. The third-order valence-electron chi connectivity index (χ3n) is 3.14. The summed E-state index contributed by atoms with van der Waals surface area (Å²) in [6.45, 7) is 0.190. The van der Waals surface area contributed by atoms with Gasteiger partial charge in [-0.1, -0.05) is 18.2 Å². The molecule has 0 radical (unpaired) electrons. The second-order valence-electron chi connectivity index (χ2n) is 4.88. The molecule has 0 spiro atoms. The summed E-state index contributed by atoms with van der Waals surface area (Å²) in [5.41, 5.74) is 0.563. The Morgan fingerprint density at radius 1 is 1.13 bits per heavy atom. The van der Waals surface area contributed by atoms with Crippen LogP contribution in [0.1, 0.15) is 6.42 Å². The van der Waals surface area contributed by atoms with Crippen molar-refractivity contribution in [1.29, 1.82) is 0 Å². The summed E-state index contributed by atoms with van der Waals surface area (Å²) >= 11 is 0. The maximum absolute atomic E-state index is 11.8. The Morgan fingerprint density at radius 2 is 1.96 bits per heavy atom. The topological polar surface area (TPSA) is 73.9 Å². The molecule has 0 atom stereocenters. The summed E-state index contributed by atoms with van der Waals surface area (Å²) in [7, 11) is 0. The lowest BCUT2D eigenvalue weighted by Gasteiger charge is -2.18. The molecule has 0 fully saturated rings. The number of fused-ring (bicyclic) bond motifs is 1. The SMILES string of the molecule is O=C1COc2cc(OC(=O)CCOc3ccccc3)ccc2N1. The molecular weight excluding hydrogens is 298 g/mol. The van der Waals surface area contributed by atoms with E-state index >= 15 is 0 Å². The highest BCUT2D eigenvalue weighted by atomic mass is 16.5. The predicted octanol–water partition coefficient (Wildman–Crippen LogP) is 2.39. The van der Waals surface area contributed by atoms with Crippen LogP contribution in [0.2, 0.25) is 0 Å². The summed E-state index contributed by atoms with van der Waals surface area (Å²) in [4.78, 5) is 23.0. The fourth-order valence-electron chi connectivity index (χ4n) is 2.07. The van der Waals surface area contributed by atoms with Crippen LogP contribution in [-0.4, -0.2) is 25.1 Å². The fraction of sp³-hybridized carbons (Fsp3) is 0.176. The molecular formula is C17H15NO5. The van der Waals surface area contributed by atoms with Crippen LogP contribution in [0.15, 0.2) is 48.5 Å². The molecule has 2 aromatic carbocycles. The van der Waals surface area contributed by atoms with Crippen LogP contribution in [-0.2, 0) is 9.59 Å². The van der Waals surface area contributed by atoms with E-state index in [-0.39, 0.29) is 25.5 Å². The number of amides is 1. The van der Waals surface area contributed by atoms with Crippen molar-refractivity contribution >= 4 is 17.6 Å². The van der Waals surface area contributed by atoms with Gasteiger partial charge in [-0.25, -0.2) is 0 Å². The molecule has 6 nitrogen and oxygen atoms in total. The van der Waals surface area contributed by atoms with Gasteiger partial charge in [0.15, 0.2) is 6.61 Å². The zero-order chi connectivity index (χ0) is 16.1. The van der Waals surface area contributed by atoms with Crippen molar-refractivity contribution in [2.75, 3.05) is 18.5 Å². The molecule has 0 saturated carbocycles. The lowest BCUT2D eigenvalue weighted by molar-refractivity contribution is -0.135. The Morgan fingerprint density at radius 3 is 2.78 bits per heavy atom. The lowest BCUT2D eigenvalue weighted by Crippen LogP contribution is -2.25. The fourth-order valence-corrected chi connectivity index (χ4v) is 2.07. The highest BCUT2D eigenvalue weighted by Crippen LogP contribution is 2.31. The van der Waals surface area contributed by atoms with Crippen molar-refractivity contribution < 1.29 is 23.8 Å². The van der Waals surface area contributed by atoms with Crippen LogP contribution >= 0.6 is 0 Å². The molecule has 23 heavy (non-hydrogen) atoms. The van der Waals surface area contributed by atoms with Gasteiger partial charge < -0.3 is 19.5 Å². The Hall–Kier alpha value is -3.02. The molecule has 1 N–H and O–H groups in total. The van der Waals surface area contributed by atoms with Gasteiger partial charge in [0.25, 0.3) is 5.91 Å². The van der Waals surface area contributed by atoms with Crippen LogP contribution < -0.4 is 19.5 Å². The Balaban J connectivity index is 1.51. The van der Waals surface area contributed by atoms with Crippen molar-refractivity contribution in [3.05, 3.63) is 48.5 Å². The van der Waals surface area contributed by atoms with Crippen molar-refractivity contribution in [2.45, 2.75) is 6.42 Å². The summed E-state index contributed by atoms with van der Waals surface area (Å²) in [5, 5.41) is 2.67. The quantitative estimate of drug-likeness (QED) is 0.678. The Kier molecular flexibility index (Phi) is 4.42. The van der Waals surface area contributed by atoms with Crippen molar-refractivity contribution in [1.82, 2.24) is 0 Å². The molecule has 1 aliphatic rings. The molecule has 118 valence electrons. The van der Waals surface area contributed by atoms with Gasteiger partial charge in [-0.3, -0.25) is 9.59 Å². The van der Waals surface area contributed by atoms with E-state index in [1.807, 2.05) is 30.3 Å². The first-order valence-corrected chi connectivity index (χ1v) is 7.16. The van der Waals surface area contributed by atoms with Gasteiger partial charge in [0.2, 0.25) is 0 Å². The summed E-state index contributed by atoms with van der Waals surface area (Å²) in [6, 6.07) is 14.1. The minimum absolute atomic E-state index is 0.0463. The van der Waals surface area contributed by atoms with E-state index in [0.29, 0.717) is 22.9 Å². The summed E-state index contributed by atoms with van der Waals surface area (Å²) in [5.74, 6) is 0.944. The van der Waals surface area contributed by atoms with Gasteiger partial charge in [0, 0.05) is 6.07 Å². The maximum atomic E-state index is 11.8. The van der Waals surface area contributed by atoms with Crippen LogP contribution in [0, 0.1) is 0 Å². The number of rotatable bonds is 5. The van der Waals surface area contributed by atoms with Gasteiger partial charge in [-0.05, 0) is 24.3 Å². The van der Waals surface area contributed by atoms with Crippen molar-refractivity contribution in [3.63, 3.8) is 0 Å². The second-order valence-corrected chi connectivity index (χ2v) is 4.88. The predicted molar refractivity (Wildman–Crippen MR) is 82.8 cm³/mol. The molecule has 0 aliphatic carbocycles. The third-order valence-corrected chi connectivity index (χ3v) is 3.14. The van der Waals surface area contributed by atoms with Gasteiger partial charge in [0.05, 0.1) is 18.7 Å². The highest BCUT2D eigenvalue weighted by Gasteiger charge is 2.17. The van der Waals surface area contributed by atoms with E-state index in [0.717, 1.165) is 0 Å². The van der Waals surface area contributed by atoms with E-state index in [1.54, 1.807) is 18.2 Å². The first-order valence-electron chi connectivity index (χ1n) is 7.16. The number of ether oxygens (including phenoxy) is 3. The van der Waals surface area contributed by atoms with Crippen LogP contribution in [0.3, 0.4) is 0 Å². The first kappa shape index (κ1) is 14.9. The summed E-state index contributed by atoms with van der Waals surface area (Å²) in [6.07, 6.45) is 0.129. The van der Waals surface area contributed by atoms with Crippen LogP contribution in [0.5, 0.6) is 17.2 Å². The number of anilines is 1. The number of carbonyl (C=O) groups is 2. The Bertz CT molecular complexity index is 714. The molecule has 0 aromatic heterocycles. The molecule has 3 rings (SSSR count). The van der Waals surface area contributed by atoms with Gasteiger partial charge >= 0.3 is 5.97 Å². The number of nitrogens with one attached hydrogen (secondary N) is 1. The van der Waals surface area contributed by atoms with E-state index in [2.05, 4.69) is 5.32 Å². The third kappa shape index (κ3) is 4.00. The van der Waals surface area contributed by atoms with E-state index < -0.39 is 5.97 Å². The lowest BCUT2D eigenvalue weighted by atomic mass is 10.2. The molecule has 1 heterocycles. The molecule has 2 aromatic rings. The standard InChI is InChI=1S/C17H15NO5/c19-16-11-22-15-10-13(6-7-14(15)18-16)23-17(20)8-9-21-12-4-2-1-3-5-12/h1-7,10H,8-9,11H2,(H,18,19). The molecule has 0 bridgehead atoms. The molecule has 0 unspecified atom stereocenters. The number of hydrogen-bond donors (Lipinski definition) is 1. The Labute approximate surface area is 133 Å². The van der Waals surface area contributed by atoms with E-state index in [4.69, 9.17) is 14.2 Å². The molecule has 6 heteroatoms. The number of hydrogen-bond acceptors (Lipinski definition) is 5. The second kappa shape index (κ2) is 6.83. The number of esters is 1. The zero-order valence-corrected chi connectivity index (χ0v) is 12.3. The summed E-state index contributed by atoms with van der Waals surface area (Å²) < 4.78 is 15.9. The maximum Gasteiger partial charge on any atom is 0.314 e. The first-order chi connectivity index (χ1) is 11.2. The van der Waals surface area contributed by atoms with E-state index in [9.17, 15) is 9.59 Å². The number of benzene rings is 2. The highest BCUT2D eigenvalue weighted by molar-refractivity contribution is 5.95.